The minimum atomic E-state index is -0.131. The highest BCUT2D eigenvalue weighted by Crippen LogP contribution is 2.25. The minimum Gasteiger partial charge on any atom is -0.491 e. The summed E-state index contributed by atoms with van der Waals surface area (Å²) in [5.74, 6) is 0.925. The van der Waals surface area contributed by atoms with Gasteiger partial charge < -0.3 is 14.8 Å². The summed E-state index contributed by atoms with van der Waals surface area (Å²) in [6.07, 6.45) is 3.21. The van der Waals surface area contributed by atoms with Crippen molar-refractivity contribution in [3.63, 3.8) is 0 Å². The third kappa shape index (κ3) is 3.47. The molecule has 3 heteroatoms. The van der Waals surface area contributed by atoms with Gasteiger partial charge in [0.1, 0.15) is 18.0 Å². The highest BCUT2D eigenvalue weighted by Gasteiger charge is 2.31. The smallest absolute Gasteiger partial charge is 0.119 e. The molecule has 0 aliphatic carbocycles. The van der Waals surface area contributed by atoms with Gasteiger partial charge in [0.15, 0.2) is 0 Å². The number of benzene rings is 1. The summed E-state index contributed by atoms with van der Waals surface area (Å²) >= 11 is 0. The average Bonchev–Trinajstić information content (AvgIpc) is 2.64. The Morgan fingerprint density at radius 1 is 1.17 bits per heavy atom. The van der Waals surface area contributed by atoms with Gasteiger partial charge in [-0.25, -0.2) is 0 Å². The maximum Gasteiger partial charge on any atom is 0.119 e. The van der Waals surface area contributed by atoms with Crippen LogP contribution >= 0.6 is 0 Å². The van der Waals surface area contributed by atoms with E-state index in [0.29, 0.717) is 6.61 Å². The fourth-order valence-corrected chi connectivity index (χ4v) is 2.36. The Kier molecular flexibility index (Phi) is 4.61. The number of ether oxygens (including phenoxy) is 2. The van der Waals surface area contributed by atoms with Crippen molar-refractivity contribution in [1.29, 1.82) is 0 Å². The molecule has 0 bridgehead atoms. The summed E-state index contributed by atoms with van der Waals surface area (Å²) in [5.41, 5.74) is 1.12. The van der Waals surface area contributed by atoms with Gasteiger partial charge in [0.05, 0.1) is 0 Å². The summed E-state index contributed by atoms with van der Waals surface area (Å²) < 4.78 is 11.6. The van der Waals surface area contributed by atoms with Crippen molar-refractivity contribution < 1.29 is 9.47 Å². The Bertz CT molecular complexity index is 353. The number of nitrogens with one attached hydrogen (secondary N) is 1. The van der Waals surface area contributed by atoms with Crippen molar-refractivity contribution in [3.05, 3.63) is 29.8 Å². The first-order valence-electron chi connectivity index (χ1n) is 6.69. The fourth-order valence-electron chi connectivity index (χ4n) is 2.36. The molecule has 0 saturated carbocycles. The standard InChI is InChI=1S/C15H23NO2/c1-13-4-6-14(7-5-13)18-12-15(17-2)8-3-10-16-11-9-15/h4-7,16H,3,8-12H2,1-2H3. The van der Waals surface area contributed by atoms with E-state index in [4.69, 9.17) is 9.47 Å². The van der Waals surface area contributed by atoms with Crippen LogP contribution < -0.4 is 10.1 Å². The monoisotopic (exact) mass is 249 g/mol. The minimum absolute atomic E-state index is 0.131. The quantitative estimate of drug-likeness (QED) is 0.889. The summed E-state index contributed by atoms with van der Waals surface area (Å²) in [5, 5.41) is 3.41. The average molecular weight is 249 g/mol. The van der Waals surface area contributed by atoms with Gasteiger partial charge in [-0.15, -0.1) is 0 Å². The van der Waals surface area contributed by atoms with Crippen LogP contribution in [-0.2, 0) is 4.74 Å². The first kappa shape index (κ1) is 13.4. The third-order valence-corrected chi connectivity index (χ3v) is 3.70. The Labute approximate surface area is 109 Å². The van der Waals surface area contributed by atoms with E-state index in [-0.39, 0.29) is 5.60 Å². The first-order valence-corrected chi connectivity index (χ1v) is 6.69. The predicted octanol–water partition coefficient (Wildman–Crippen LogP) is 2.53. The van der Waals surface area contributed by atoms with Crippen molar-refractivity contribution in [3.8, 4) is 5.75 Å². The van der Waals surface area contributed by atoms with E-state index in [1.165, 1.54) is 5.56 Å². The summed E-state index contributed by atoms with van der Waals surface area (Å²) in [6.45, 7) is 4.80. The van der Waals surface area contributed by atoms with Crippen LogP contribution in [0.2, 0.25) is 0 Å². The Hall–Kier alpha value is -1.06. The molecule has 0 radical (unpaired) electrons. The fraction of sp³-hybridized carbons (Fsp3) is 0.600. The lowest BCUT2D eigenvalue weighted by Crippen LogP contribution is -2.39. The lowest BCUT2D eigenvalue weighted by molar-refractivity contribution is -0.0525. The van der Waals surface area contributed by atoms with Gasteiger partial charge >= 0.3 is 0 Å². The Balaban J connectivity index is 1.95. The van der Waals surface area contributed by atoms with Gasteiger partial charge in [-0.05, 0) is 51.4 Å². The maximum absolute atomic E-state index is 5.90. The lowest BCUT2D eigenvalue weighted by Gasteiger charge is -2.30. The number of hydrogen-bond acceptors (Lipinski definition) is 3. The van der Waals surface area contributed by atoms with E-state index in [9.17, 15) is 0 Å². The zero-order chi connectivity index (χ0) is 12.8. The highest BCUT2D eigenvalue weighted by atomic mass is 16.5. The maximum atomic E-state index is 5.90. The summed E-state index contributed by atoms with van der Waals surface area (Å²) in [4.78, 5) is 0. The number of methoxy groups -OCH3 is 1. The van der Waals surface area contributed by atoms with E-state index < -0.39 is 0 Å². The molecule has 3 nitrogen and oxygen atoms in total. The molecule has 0 aromatic heterocycles. The molecule has 1 unspecified atom stereocenters. The topological polar surface area (TPSA) is 30.5 Å². The van der Waals surface area contributed by atoms with Gasteiger partial charge in [0.25, 0.3) is 0 Å². The van der Waals surface area contributed by atoms with Crippen molar-refractivity contribution in [2.45, 2.75) is 31.8 Å². The molecule has 1 fully saturated rings. The Morgan fingerprint density at radius 3 is 2.67 bits per heavy atom. The molecule has 1 heterocycles. The molecule has 18 heavy (non-hydrogen) atoms. The van der Waals surface area contributed by atoms with Crippen LogP contribution in [-0.4, -0.2) is 32.4 Å². The highest BCUT2D eigenvalue weighted by molar-refractivity contribution is 5.26. The predicted molar refractivity (Wildman–Crippen MR) is 73.1 cm³/mol. The van der Waals surface area contributed by atoms with Crippen LogP contribution in [0, 0.1) is 6.92 Å². The largest absolute Gasteiger partial charge is 0.491 e. The number of aryl methyl sites for hydroxylation is 1. The van der Waals surface area contributed by atoms with Gasteiger partial charge in [-0.1, -0.05) is 17.7 Å². The zero-order valence-corrected chi connectivity index (χ0v) is 11.4. The van der Waals surface area contributed by atoms with Crippen LogP contribution in [0.5, 0.6) is 5.75 Å². The summed E-state index contributed by atoms with van der Waals surface area (Å²) in [7, 11) is 1.80. The molecule has 1 aromatic rings. The molecule has 2 rings (SSSR count). The van der Waals surface area contributed by atoms with Crippen LogP contribution in [0.1, 0.15) is 24.8 Å². The van der Waals surface area contributed by atoms with Crippen molar-refractivity contribution in [1.82, 2.24) is 5.32 Å². The second-order valence-electron chi connectivity index (χ2n) is 5.09. The van der Waals surface area contributed by atoms with Crippen molar-refractivity contribution in [2.75, 3.05) is 26.8 Å². The van der Waals surface area contributed by atoms with Gasteiger partial charge in [0, 0.05) is 7.11 Å². The van der Waals surface area contributed by atoms with E-state index >= 15 is 0 Å². The van der Waals surface area contributed by atoms with E-state index in [2.05, 4.69) is 24.4 Å². The summed E-state index contributed by atoms with van der Waals surface area (Å²) in [6, 6.07) is 8.19. The molecule has 0 amide bonds. The molecular weight excluding hydrogens is 226 g/mol. The SMILES string of the molecule is COC1(COc2ccc(C)cc2)CCCNCC1. The van der Waals surface area contributed by atoms with Crippen LogP contribution in [0.3, 0.4) is 0 Å². The molecule has 1 N–H and O–H groups in total. The molecule has 1 aromatic carbocycles. The molecular formula is C15H23NO2. The third-order valence-electron chi connectivity index (χ3n) is 3.70. The number of rotatable bonds is 4. The molecule has 100 valence electrons. The van der Waals surface area contributed by atoms with E-state index in [1.54, 1.807) is 7.11 Å². The van der Waals surface area contributed by atoms with Gasteiger partial charge in [0.2, 0.25) is 0 Å². The lowest BCUT2D eigenvalue weighted by atomic mass is 9.95. The van der Waals surface area contributed by atoms with Gasteiger partial charge in [-0.2, -0.15) is 0 Å². The van der Waals surface area contributed by atoms with Crippen LogP contribution in [0.15, 0.2) is 24.3 Å². The van der Waals surface area contributed by atoms with Crippen molar-refractivity contribution in [2.24, 2.45) is 0 Å². The van der Waals surface area contributed by atoms with Crippen LogP contribution in [0.25, 0.3) is 0 Å². The molecule has 1 atom stereocenters. The van der Waals surface area contributed by atoms with E-state index in [0.717, 1.165) is 38.1 Å². The van der Waals surface area contributed by atoms with Crippen LogP contribution in [0.4, 0.5) is 0 Å². The Morgan fingerprint density at radius 2 is 1.94 bits per heavy atom. The second-order valence-corrected chi connectivity index (χ2v) is 5.09. The molecule has 1 saturated heterocycles. The molecule has 1 aliphatic heterocycles. The van der Waals surface area contributed by atoms with Gasteiger partial charge in [-0.3, -0.25) is 0 Å². The van der Waals surface area contributed by atoms with Crippen molar-refractivity contribution >= 4 is 0 Å². The first-order chi connectivity index (χ1) is 8.74. The zero-order valence-electron chi connectivity index (χ0n) is 11.4. The van der Waals surface area contributed by atoms with E-state index in [1.807, 2.05) is 12.1 Å². The normalized spacial score (nSPS) is 24.6. The second kappa shape index (κ2) is 6.21. The molecule has 0 spiro atoms. The molecule has 1 aliphatic rings. The number of hydrogen-bond donors (Lipinski definition) is 1.